The third kappa shape index (κ3) is 7.16. The van der Waals surface area contributed by atoms with Gasteiger partial charge in [0.1, 0.15) is 0 Å². The van der Waals surface area contributed by atoms with Crippen LogP contribution in [-0.4, -0.2) is 25.0 Å². The number of carbonyl (C=O) groups is 1. The molecule has 0 radical (unpaired) electrons. The molecule has 0 heterocycles. The molecule has 0 fully saturated rings. The van der Waals surface area contributed by atoms with Gasteiger partial charge in [-0.2, -0.15) is 0 Å². The maximum atomic E-state index is 11.3. The van der Waals surface area contributed by atoms with Crippen LogP contribution < -0.4 is 10.6 Å². The lowest BCUT2D eigenvalue weighted by Crippen LogP contribution is -2.36. The molecule has 3 heteroatoms. The second kappa shape index (κ2) is 9.79. The summed E-state index contributed by atoms with van der Waals surface area (Å²) in [7, 11) is 0. The minimum Gasteiger partial charge on any atom is -0.353 e. The molecule has 0 saturated carbocycles. The van der Waals surface area contributed by atoms with Gasteiger partial charge in [0.05, 0.1) is 0 Å². The molecule has 0 aromatic rings. The van der Waals surface area contributed by atoms with Crippen LogP contribution in [0, 0.1) is 0 Å². The van der Waals surface area contributed by atoms with E-state index < -0.39 is 0 Å². The average Bonchev–Trinajstić information content (AvgIpc) is 2.46. The molecule has 3 nitrogen and oxygen atoms in total. The summed E-state index contributed by atoms with van der Waals surface area (Å²) in [4.78, 5) is 11.3. The van der Waals surface area contributed by atoms with Crippen molar-refractivity contribution >= 4 is 5.91 Å². The van der Waals surface area contributed by atoms with Crippen molar-refractivity contribution in [2.24, 2.45) is 0 Å². The van der Waals surface area contributed by atoms with Crippen LogP contribution in [-0.2, 0) is 4.79 Å². The summed E-state index contributed by atoms with van der Waals surface area (Å²) in [6.07, 6.45) is 12.8. The molecule has 0 aromatic heterocycles. The highest BCUT2D eigenvalue weighted by Crippen LogP contribution is 2.14. The van der Waals surface area contributed by atoms with E-state index in [0.717, 1.165) is 32.4 Å². The fourth-order valence-electron chi connectivity index (χ4n) is 2.22. The molecule has 0 spiro atoms. The molecular formula is C16H28N2O. The number of hydrogen-bond acceptors (Lipinski definition) is 2. The largest absolute Gasteiger partial charge is 0.353 e. The van der Waals surface area contributed by atoms with Crippen LogP contribution in [0.1, 0.15) is 52.4 Å². The van der Waals surface area contributed by atoms with Crippen LogP contribution in [0.3, 0.4) is 0 Å². The van der Waals surface area contributed by atoms with Gasteiger partial charge >= 0.3 is 0 Å². The molecule has 108 valence electrons. The van der Waals surface area contributed by atoms with E-state index in [2.05, 4.69) is 35.8 Å². The summed E-state index contributed by atoms with van der Waals surface area (Å²) < 4.78 is 0. The first-order valence-electron chi connectivity index (χ1n) is 7.60. The van der Waals surface area contributed by atoms with Crippen molar-refractivity contribution < 1.29 is 4.79 Å². The zero-order valence-corrected chi connectivity index (χ0v) is 12.4. The first kappa shape index (κ1) is 16.0. The summed E-state index contributed by atoms with van der Waals surface area (Å²) in [5, 5.41) is 6.53. The van der Waals surface area contributed by atoms with Crippen LogP contribution >= 0.6 is 0 Å². The number of hydrogen-bond donors (Lipinski definition) is 2. The molecule has 19 heavy (non-hydrogen) atoms. The lowest BCUT2D eigenvalue weighted by Gasteiger charge is -2.17. The average molecular weight is 264 g/mol. The van der Waals surface area contributed by atoms with Gasteiger partial charge in [-0.3, -0.25) is 4.79 Å². The number of carbonyl (C=O) groups excluding carboxylic acids is 1. The molecule has 1 amide bonds. The maximum absolute atomic E-state index is 11.3. The van der Waals surface area contributed by atoms with Crippen molar-refractivity contribution in [2.45, 2.75) is 58.4 Å². The normalized spacial score (nSPS) is 16.0. The maximum Gasteiger partial charge on any atom is 0.219 e. The molecule has 1 atom stereocenters. The standard InChI is InChI=1S/C16H28N2O/c1-3-15(18-16(19)4-2)11-13-17-12-10-14-8-6-5-7-9-14/h5-6,8,15,17H,3-4,7,9-13H2,1-2H3,(H,18,19). The van der Waals surface area contributed by atoms with E-state index in [1.165, 1.54) is 12.8 Å². The Kier molecular flexibility index (Phi) is 8.23. The van der Waals surface area contributed by atoms with Gasteiger partial charge in [-0.05, 0) is 45.2 Å². The Labute approximate surface area is 117 Å². The Hall–Kier alpha value is -1.09. The van der Waals surface area contributed by atoms with Crippen molar-refractivity contribution in [2.75, 3.05) is 13.1 Å². The van der Waals surface area contributed by atoms with Gasteiger partial charge in [0, 0.05) is 12.5 Å². The van der Waals surface area contributed by atoms with E-state index in [4.69, 9.17) is 0 Å². The van der Waals surface area contributed by atoms with Gasteiger partial charge in [0.15, 0.2) is 0 Å². The molecule has 2 N–H and O–H groups in total. The minimum absolute atomic E-state index is 0.158. The Morgan fingerprint density at radius 1 is 1.37 bits per heavy atom. The van der Waals surface area contributed by atoms with Crippen LogP contribution in [0.2, 0.25) is 0 Å². The van der Waals surface area contributed by atoms with E-state index in [1.807, 2.05) is 6.92 Å². The van der Waals surface area contributed by atoms with Gasteiger partial charge in [-0.1, -0.05) is 37.6 Å². The van der Waals surface area contributed by atoms with E-state index in [9.17, 15) is 4.79 Å². The van der Waals surface area contributed by atoms with Crippen LogP contribution in [0.25, 0.3) is 0 Å². The molecule has 0 saturated heterocycles. The fraction of sp³-hybridized carbons (Fsp3) is 0.688. The predicted octanol–water partition coefficient (Wildman–Crippen LogP) is 2.94. The molecule has 0 aromatic carbocycles. The molecule has 1 aliphatic rings. The van der Waals surface area contributed by atoms with Gasteiger partial charge < -0.3 is 10.6 Å². The van der Waals surface area contributed by atoms with Gasteiger partial charge in [-0.15, -0.1) is 0 Å². The lowest BCUT2D eigenvalue weighted by molar-refractivity contribution is -0.121. The van der Waals surface area contributed by atoms with Crippen molar-refractivity contribution in [3.63, 3.8) is 0 Å². The Bertz CT molecular complexity index is 321. The first-order chi connectivity index (χ1) is 9.26. The summed E-state index contributed by atoms with van der Waals surface area (Å²) >= 11 is 0. The van der Waals surface area contributed by atoms with Crippen molar-refractivity contribution in [1.82, 2.24) is 10.6 Å². The quantitative estimate of drug-likeness (QED) is 0.629. The smallest absolute Gasteiger partial charge is 0.219 e. The molecule has 1 aliphatic carbocycles. The molecular weight excluding hydrogens is 236 g/mol. The minimum atomic E-state index is 0.158. The third-order valence-electron chi connectivity index (χ3n) is 3.57. The fourth-order valence-corrected chi connectivity index (χ4v) is 2.22. The highest BCUT2D eigenvalue weighted by Gasteiger charge is 2.08. The Balaban J connectivity index is 2.06. The molecule has 1 rings (SSSR count). The highest BCUT2D eigenvalue weighted by molar-refractivity contribution is 5.75. The highest BCUT2D eigenvalue weighted by atomic mass is 16.1. The third-order valence-corrected chi connectivity index (χ3v) is 3.57. The van der Waals surface area contributed by atoms with Crippen molar-refractivity contribution in [3.8, 4) is 0 Å². The summed E-state index contributed by atoms with van der Waals surface area (Å²) in [5.74, 6) is 0.158. The zero-order valence-electron chi connectivity index (χ0n) is 12.4. The SMILES string of the molecule is CCC(=O)NC(CC)CCNCCC1=CC=CCC1. The molecule has 0 aliphatic heterocycles. The number of amides is 1. The Morgan fingerprint density at radius 2 is 2.21 bits per heavy atom. The summed E-state index contributed by atoms with van der Waals surface area (Å²) in [6, 6.07) is 0.316. The van der Waals surface area contributed by atoms with Crippen molar-refractivity contribution in [3.05, 3.63) is 23.8 Å². The zero-order chi connectivity index (χ0) is 13.9. The second-order valence-corrected chi connectivity index (χ2v) is 5.11. The van der Waals surface area contributed by atoms with Crippen LogP contribution in [0.4, 0.5) is 0 Å². The van der Waals surface area contributed by atoms with Crippen molar-refractivity contribution in [1.29, 1.82) is 0 Å². The number of rotatable bonds is 9. The van der Waals surface area contributed by atoms with Gasteiger partial charge in [-0.25, -0.2) is 0 Å². The monoisotopic (exact) mass is 264 g/mol. The lowest BCUT2D eigenvalue weighted by atomic mass is 10.0. The Morgan fingerprint density at radius 3 is 2.84 bits per heavy atom. The topological polar surface area (TPSA) is 41.1 Å². The van der Waals surface area contributed by atoms with Gasteiger partial charge in [0.25, 0.3) is 0 Å². The predicted molar refractivity (Wildman–Crippen MR) is 81.1 cm³/mol. The number of allylic oxidation sites excluding steroid dienone is 3. The van der Waals surface area contributed by atoms with E-state index >= 15 is 0 Å². The first-order valence-corrected chi connectivity index (χ1v) is 7.60. The number of nitrogens with one attached hydrogen (secondary N) is 2. The molecule has 0 bridgehead atoms. The van der Waals surface area contributed by atoms with Gasteiger partial charge in [0.2, 0.25) is 5.91 Å². The second-order valence-electron chi connectivity index (χ2n) is 5.11. The van der Waals surface area contributed by atoms with E-state index in [0.29, 0.717) is 12.5 Å². The van der Waals surface area contributed by atoms with Crippen LogP contribution in [0.5, 0.6) is 0 Å². The summed E-state index contributed by atoms with van der Waals surface area (Å²) in [5.41, 5.74) is 1.54. The summed E-state index contributed by atoms with van der Waals surface area (Å²) in [6.45, 7) is 6.04. The van der Waals surface area contributed by atoms with Crippen LogP contribution in [0.15, 0.2) is 23.8 Å². The van der Waals surface area contributed by atoms with E-state index in [-0.39, 0.29) is 5.91 Å². The van der Waals surface area contributed by atoms with E-state index in [1.54, 1.807) is 5.57 Å². The molecule has 1 unspecified atom stereocenters.